The fourth-order valence-corrected chi connectivity index (χ4v) is 1.14. The molecule has 0 saturated carbocycles. The first-order valence-corrected chi connectivity index (χ1v) is 4.79. The summed E-state index contributed by atoms with van der Waals surface area (Å²) in [5, 5.41) is 13.4. The lowest BCUT2D eigenvalue weighted by Crippen LogP contribution is -2.16. The van der Waals surface area contributed by atoms with Gasteiger partial charge in [0.2, 0.25) is 11.7 Å². The van der Waals surface area contributed by atoms with E-state index >= 15 is 0 Å². The highest BCUT2D eigenvalue weighted by Crippen LogP contribution is 2.08. The third kappa shape index (κ3) is 2.38. The molecule has 15 heavy (non-hydrogen) atoms. The standard InChI is InChI=1S/C8H12N6O/c1-2-9-4-3-6-12-8(14-15-6)7-10-5-11-13-7/h5,9H,2-4H2,1H3,(H,10,11,13). The molecule has 0 unspecified atom stereocenters. The Kier molecular flexibility index (Phi) is 3.03. The summed E-state index contributed by atoms with van der Waals surface area (Å²) >= 11 is 0. The first-order chi connectivity index (χ1) is 7.40. The maximum absolute atomic E-state index is 5.05. The van der Waals surface area contributed by atoms with E-state index in [1.165, 1.54) is 6.33 Å². The van der Waals surface area contributed by atoms with Gasteiger partial charge in [-0.1, -0.05) is 12.1 Å². The van der Waals surface area contributed by atoms with Gasteiger partial charge in [-0.2, -0.15) is 10.1 Å². The van der Waals surface area contributed by atoms with Crippen molar-refractivity contribution in [3.63, 3.8) is 0 Å². The van der Waals surface area contributed by atoms with Crippen molar-refractivity contribution in [1.29, 1.82) is 0 Å². The van der Waals surface area contributed by atoms with Gasteiger partial charge in [0.1, 0.15) is 6.33 Å². The highest BCUT2D eigenvalue weighted by atomic mass is 16.5. The van der Waals surface area contributed by atoms with Crippen molar-refractivity contribution in [1.82, 2.24) is 30.6 Å². The van der Waals surface area contributed by atoms with E-state index in [0.29, 0.717) is 17.5 Å². The molecular formula is C8H12N6O. The fourth-order valence-electron chi connectivity index (χ4n) is 1.14. The molecule has 7 heteroatoms. The Morgan fingerprint density at radius 2 is 2.47 bits per heavy atom. The zero-order valence-electron chi connectivity index (χ0n) is 8.40. The average Bonchev–Trinajstić information content (AvgIpc) is 2.87. The molecule has 0 aliphatic heterocycles. The van der Waals surface area contributed by atoms with Crippen LogP contribution in [0.3, 0.4) is 0 Å². The lowest BCUT2D eigenvalue weighted by molar-refractivity contribution is 0.376. The quantitative estimate of drug-likeness (QED) is 0.672. The summed E-state index contributed by atoms with van der Waals surface area (Å²) < 4.78 is 5.05. The summed E-state index contributed by atoms with van der Waals surface area (Å²) in [7, 11) is 0. The van der Waals surface area contributed by atoms with Crippen molar-refractivity contribution >= 4 is 0 Å². The minimum Gasteiger partial charge on any atom is -0.339 e. The first-order valence-electron chi connectivity index (χ1n) is 4.79. The molecular weight excluding hydrogens is 196 g/mol. The maximum atomic E-state index is 5.05. The number of H-pyrrole nitrogens is 1. The van der Waals surface area contributed by atoms with E-state index in [4.69, 9.17) is 4.52 Å². The maximum Gasteiger partial charge on any atom is 0.239 e. The summed E-state index contributed by atoms with van der Waals surface area (Å²) in [6.45, 7) is 3.81. The van der Waals surface area contributed by atoms with Crippen molar-refractivity contribution in [3.8, 4) is 11.6 Å². The van der Waals surface area contributed by atoms with Crippen molar-refractivity contribution in [2.45, 2.75) is 13.3 Å². The van der Waals surface area contributed by atoms with Crippen LogP contribution in [0.15, 0.2) is 10.9 Å². The van der Waals surface area contributed by atoms with Crippen LogP contribution in [0.1, 0.15) is 12.8 Å². The molecule has 2 heterocycles. The van der Waals surface area contributed by atoms with Gasteiger partial charge in [-0.3, -0.25) is 5.10 Å². The molecule has 0 bridgehead atoms. The Balaban J connectivity index is 1.98. The van der Waals surface area contributed by atoms with Crippen LogP contribution in [0.25, 0.3) is 11.6 Å². The second-order valence-electron chi connectivity index (χ2n) is 2.95. The number of aromatic amines is 1. The van der Waals surface area contributed by atoms with Crippen molar-refractivity contribution in [2.75, 3.05) is 13.1 Å². The van der Waals surface area contributed by atoms with Crippen LogP contribution < -0.4 is 5.32 Å². The average molecular weight is 208 g/mol. The van der Waals surface area contributed by atoms with Gasteiger partial charge in [0.25, 0.3) is 0 Å². The molecule has 0 aromatic carbocycles. The second-order valence-corrected chi connectivity index (χ2v) is 2.95. The van der Waals surface area contributed by atoms with E-state index in [1.807, 2.05) is 6.92 Å². The number of hydrogen-bond donors (Lipinski definition) is 2. The van der Waals surface area contributed by atoms with E-state index in [-0.39, 0.29) is 0 Å². The van der Waals surface area contributed by atoms with E-state index < -0.39 is 0 Å². The SMILES string of the molecule is CCNCCc1nc(-c2ncn[nH]2)no1. The molecule has 80 valence electrons. The number of aromatic nitrogens is 5. The van der Waals surface area contributed by atoms with Gasteiger partial charge in [-0.25, -0.2) is 4.98 Å². The Morgan fingerprint density at radius 3 is 3.20 bits per heavy atom. The summed E-state index contributed by atoms with van der Waals surface area (Å²) in [5.41, 5.74) is 0. The normalized spacial score (nSPS) is 10.7. The Bertz CT molecular complexity index is 395. The smallest absolute Gasteiger partial charge is 0.239 e. The number of nitrogens with one attached hydrogen (secondary N) is 2. The van der Waals surface area contributed by atoms with Crippen molar-refractivity contribution in [2.24, 2.45) is 0 Å². The summed E-state index contributed by atoms with van der Waals surface area (Å²) in [5.74, 6) is 1.56. The van der Waals surface area contributed by atoms with Crippen LogP contribution in [-0.4, -0.2) is 38.4 Å². The summed E-state index contributed by atoms with van der Waals surface area (Å²) in [4.78, 5) is 8.10. The summed E-state index contributed by atoms with van der Waals surface area (Å²) in [6, 6.07) is 0. The first kappa shape index (κ1) is 9.78. The third-order valence-electron chi connectivity index (χ3n) is 1.86. The Labute approximate surface area is 86.3 Å². The Hall–Kier alpha value is -1.76. The van der Waals surface area contributed by atoms with Gasteiger partial charge in [0, 0.05) is 13.0 Å². The highest BCUT2D eigenvalue weighted by Gasteiger charge is 2.09. The number of hydrogen-bond acceptors (Lipinski definition) is 6. The van der Waals surface area contributed by atoms with Crippen LogP contribution in [0.5, 0.6) is 0 Å². The molecule has 0 amide bonds. The number of nitrogens with zero attached hydrogens (tertiary/aromatic N) is 4. The van der Waals surface area contributed by atoms with Gasteiger partial charge in [-0.05, 0) is 6.54 Å². The van der Waals surface area contributed by atoms with Crippen LogP contribution in [-0.2, 0) is 6.42 Å². The lowest BCUT2D eigenvalue weighted by Gasteiger charge is -1.94. The van der Waals surface area contributed by atoms with Gasteiger partial charge >= 0.3 is 0 Å². The Morgan fingerprint density at radius 1 is 1.53 bits per heavy atom. The predicted octanol–water partition coefficient (Wildman–Crippen LogP) is 0.00670. The molecule has 2 rings (SSSR count). The lowest BCUT2D eigenvalue weighted by atomic mass is 10.4. The molecule has 0 atom stereocenters. The number of rotatable bonds is 5. The van der Waals surface area contributed by atoms with Gasteiger partial charge in [0.15, 0.2) is 5.82 Å². The molecule has 0 spiro atoms. The molecule has 0 radical (unpaired) electrons. The van der Waals surface area contributed by atoms with Gasteiger partial charge < -0.3 is 9.84 Å². The molecule has 2 N–H and O–H groups in total. The zero-order valence-corrected chi connectivity index (χ0v) is 8.40. The van der Waals surface area contributed by atoms with E-state index in [1.54, 1.807) is 0 Å². The molecule has 7 nitrogen and oxygen atoms in total. The van der Waals surface area contributed by atoms with Crippen molar-refractivity contribution < 1.29 is 4.52 Å². The minimum absolute atomic E-state index is 0.444. The number of likely N-dealkylation sites (N-methyl/N-ethyl adjacent to an activating group) is 1. The molecule has 0 saturated heterocycles. The van der Waals surface area contributed by atoms with Gasteiger partial charge in [-0.15, -0.1) is 0 Å². The molecule has 0 aliphatic rings. The molecule has 0 aliphatic carbocycles. The highest BCUT2D eigenvalue weighted by molar-refractivity contribution is 5.39. The van der Waals surface area contributed by atoms with Crippen molar-refractivity contribution in [3.05, 3.63) is 12.2 Å². The topological polar surface area (TPSA) is 92.5 Å². The van der Waals surface area contributed by atoms with E-state index in [2.05, 4.69) is 30.6 Å². The molecule has 0 fully saturated rings. The second kappa shape index (κ2) is 4.65. The van der Waals surface area contributed by atoms with E-state index in [9.17, 15) is 0 Å². The monoisotopic (exact) mass is 208 g/mol. The zero-order chi connectivity index (χ0) is 10.5. The van der Waals surface area contributed by atoms with Crippen LogP contribution in [0.2, 0.25) is 0 Å². The van der Waals surface area contributed by atoms with Crippen LogP contribution in [0.4, 0.5) is 0 Å². The van der Waals surface area contributed by atoms with Crippen LogP contribution in [0, 0.1) is 0 Å². The fraction of sp³-hybridized carbons (Fsp3) is 0.500. The largest absolute Gasteiger partial charge is 0.339 e. The van der Waals surface area contributed by atoms with Crippen LogP contribution >= 0.6 is 0 Å². The molecule has 2 aromatic heterocycles. The van der Waals surface area contributed by atoms with E-state index in [0.717, 1.165) is 19.5 Å². The van der Waals surface area contributed by atoms with Gasteiger partial charge in [0.05, 0.1) is 0 Å². The third-order valence-corrected chi connectivity index (χ3v) is 1.86. The summed E-state index contributed by atoms with van der Waals surface area (Å²) in [6.07, 6.45) is 2.12. The molecule has 2 aromatic rings. The minimum atomic E-state index is 0.444. The predicted molar refractivity (Wildman–Crippen MR) is 51.9 cm³/mol.